The van der Waals surface area contributed by atoms with Gasteiger partial charge in [-0.2, -0.15) is 0 Å². The molecule has 0 saturated carbocycles. The Kier molecular flexibility index (Phi) is 3.19. The molecule has 50 valence electrons. The Balaban J connectivity index is 3.26. The number of nitrogens with one attached hydrogen (secondary N) is 1. The molecule has 0 fully saturated rings. The van der Waals surface area contributed by atoms with Crippen LogP contribution in [0.1, 0.15) is 6.92 Å². The summed E-state index contributed by atoms with van der Waals surface area (Å²) in [6.07, 6.45) is 0. The topological polar surface area (TPSA) is 78.8 Å². The smallest absolute Gasteiger partial charge is 0.311 e. The van der Waals surface area contributed by atoms with Crippen molar-refractivity contribution in [1.82, 2.24) is 5.25 Å². The Bertz CT molecular complexity index is 98.2. The van der Waals surface area contributed by atoms with Crippen LogP contribution < -0.4 is 5.25 Å². The Morgan fingerprint density at radius 1 is 1.75 bits per heavy atom. The van der Waals surface area contributed by atoms with E-state index >= 15 is 0 Å². The van der Waals surface area contributed by atoms with Crippen LogP contribution in [0.5, 0.6) is 0 Å². The molecule has 0 rings (SSSR count). The van der Waals surface area contributed by atoms with Gasteiger partial charge in [-0.05, 0) is 6.92 Å². The average Bonchev–Trinajstić information content (AvgIpc) is 1.59. The summed E-state index contributed by atoms with van der Waals surface area (Å²) in [6, 6.07) is 0. The summed E-state index contributed by atoms with van der Waals surface area (Å²) in [6.45, 7) is 1.84. The van der Waals surface area contributed by atoms with Crippen LogP contribution in [-0.4, -0.2) is 16.4 Å². The molecule has 0 radical (unpaired) electrons. The highest BCUT2D eigenvalue weighted by Crippen LogP contribution is 2.27. The molecular weight excluding hydrogens is 133 g/mol. The molecule has 0 aromatic carbocycles. The third-order valence-corrected chi connectivity index (χ3v) is 0.695. The van der Waals surface area contributed by atoms with Crippen molar-refractivity contribution in [3.8, 4) is 0 Å². The average molecular weight is 141 g/mol. The summed E-state index contributed by atoms with van der Waals surface area (Å²) in [5, 5.41) is 1.54. The van der Waals surface area contributed by atoms with Crippen LogP contribution in [0.4, 0.5) is 0 Å². The van der Waals surface area contributed by atoms with E-state index in [9.17, 15) is 4.57 Å². The minimum atomic E-state index is -4.15. The summed E-state index contributed by atoms with van der Waals surface area (Å²) in [5.74, 6) is 0. The first kappa shape index (κ1) is 8.07. The molecule has 0 spiro atoms. The molecule has 0 atom stereocenters. The molecule has 6 heteroatoms. The highest BCUT2D eigenvalue weighted by Gasteiger charge is 2.09. The Labute approximate surface area is 46.8 Å². The zero-order valence-electron chi connectivity index (χ0n) is 4.37. The summed E-state index contributed by atoms with van der Waals surface area (Å²) >= 11 is 0. The quantitative estimate of drug-likeness (QED) is 0.369. The van der Waals surface area contributed by atoms with Crippen molar-refractivity contribution in [3.05, 3.63) is 0 Å². The van der Waals surface area contributed by atoms with E-state index in [1.54, 1.807) is 6.92 Å². The SMILES string of the molecule is CCONP(=O)(O)O. The summed E-state index contributed by atoms with van der Waals surface area (Å²) in [7, 11) is -4.15. The maximum Gasteiger partial charge on any atom is 0.423 e. The van der Waals surface area contributed by atoms with E-state index in [-0.39, 0.29) is 6.61 Å². The summed E-state index contributed by atoms with van der Waals surface area (Å²) in [4.78, 5) is 20.2. The van der Waals surface area contributed by atoms with Crippen molar-refractivity contribution in [1.29, 1.82) is 0 Å². The lowest BCUT2D eigenvalue weighted by Crippen LogP contribution is -2.09. The maximum atomic E-state index is 9.85. The first-order chi connectivity index (χ1) is 3.56. The second-order valence-electron chi connectivity index (χ2n) is 1.07. The van der Waals surface area contributed by atoms with Gasteiger partial charge in [0, 0.05) is 0 Å². The van der Waals surface area contributed by atoms with E-state index in [2.05, 4.69) is 4.84 Å². The third-order valence-electron chi connectivity index (χ3n) is 0.328. The van der Waals surface area contributed by atoms with Crippen molar-refractivity contribution in [2.24, 2.45) is 0 Å². The Hall–Kier alpha value is 0.0700. The molecule has 0 heterocycles. The first-order valence-electron chi connectivity index (χ1n) is 2.01. The molecule has 0 saturated heterocycles. The summed E-state index contributed by atoms with van der Waals surface area (Å²) < 4.78 is 9.85. The molecule has 0 unspecified atom stereocenters. The van der Waals surface area contributed by atoms with Crippen molar-refractivity contribution >= 4 is 7.75 Å². The van der Waals surface area contributed by atoms with Crippen molar-refractivity contribution in [2.75, 3.05) is 6.61 Å². The number of hydrogen-bond acceptors (Lipinski definition) is 2. The predicted molar refractivity (Wildman–Crippen MR) is 26.8 cm³/mol. The third kappa shape index (κ3) is 6.07. The van der Waals surface area contributed by atoms with Gasteiger partial charge in [0.1, 0.15) is 0 Å². The second-order valence-corrected chi connectivity index (χ2v) is 2.34. The molecule has 0 aromatic rings. The fraction of sp³-hybridized carbons (Fsp3) is 1.00. The van der Waals surface area contributed by atoms with Gasteiger partial charge in [-0.15, -0.1) is 5.25 Å². The Morgan fingerprint density at radius 3 is 2.38 bits per heavy atom. The standard InChI is InChI=1S/C2H8NO4P/c1-2-7-3-8(4,5)6/h2H2,1H3,(H3,3,4,5,6). The van der Waals surface area contributed by atoms with E-state index in [1.165, 1.54) is 5.25 Å². The molecule has 0 aliphatic carbocycles. The zero-order chi connectivity index (χ0) is 6.62. The second kappa shape index (κ2) is 3.17. The molecule has 5 nitrogen and oxygen atoms in total. The van der Waals surface area contributed by atoms with Gasteiger partial charge >= 0.3 is 7.75 Å². The highest BCUT2D eigenvalue weighted by molar-refractivity contribution is 7.49. The molecule has 0 aromatic heterocycles. The minimum absolute atomic E-state index is 0.227. The van der Waals surface area contributed by atoms with Gasteiger partial charge in [-0.25, -0.2) is 4.57 Å². The largest absolute Gasteiger partial charge is 0.423 e. The van der Waals surface area contributed by atoms with E-state index in [1.807, 2.05) is 0 Å². The Morgan fingerprint density at radius 2 is 2.25 bits per heavy atom. The van der Waals surface area contributed by atoms with Crippen LogP contribution in [0.15, 0.2) is 0 Å². The zero-order valence-corrected chi connectivity index (χ0v) is 5.26. The highest BCUT2D eigenvalue weighted by atomic mass is 31.2. The van der Waals surface area contributed by atoms with Crippen molar-refractivity contribution in [3.63, 3.8) is 0 Å². The fourth-order valence-corrected chi connectivity index (χ4v) is 0.446. The van der Waals surface area contributed by atoms with Gasteiger partial charge in [0.2, 0.25) is 0 Å². The molecule has 0 bridgehead atoms. The number of rotatable bonds is 3. The summed E-state index contributed by atoms with van der Waals surface area (Å²) in [5.41, 5.74) is 0. The van der Waals surface area contributed by atoms with Crippen LogP contribution in [0.2, 0.25) is 0 Å². The van der Waals surface area contributed by atoms with Gasteiger partial charge in [-0.1, -0.05) is 0 Å². The molecule has 8 heavy (non-hydrogen) atoms. The molecule has 0 amide bonds. The van der Waals surface area contributed by atoms with Gasteiger partial charge < -0.3 is 9.79 Å². The fourth-order valence-electron chi connectivity index (χ4n) is 0.149. The van der Waals surface area contributed by atoms with Gasteiger partial charge in [-0.3, -0.25) is 4.84 Å². The normalized spacial score (nSPS) is 11.9. The first-order valence-corrected chi connectivity index (χ1v) is 3.62. The molecule has 0 aliphatic heterocycles. The minimum Gasteiger partial charge on any atom is -0.311 e. The molecular formula is C2H8NO4P. The van der Waals surface area contributed by atoms with Crippen molar-refractivity contribution in [2.45, 2.75) is 6.92 Å². The van der Waals surface area contributed by atoms with Crippen LogP contribution in [-0.2, 0) is 9.40 Å². The molecule has 0 aliphatic rings. The molecule has 3 N–H and O–H groups in total. The predicted octanol–water partition coefficient (Wildman–Crippen LogP) is -0.380. The van der Waals surface area contributed by atoms with Crippen LogP contribution in [0.25, 0.3) is 0 Å². The van der Waals surface area contributed by atoms with E-state index in [4.69, 9.17) is 9.79 Å². The van der Waals surface area contributed by atoms with Gasteiger partial charge in [0.25, 0.3) is 0 Å². The van der Waals surface area contributed by atoms with Crippen LogP contribution in [0.3, 0.4) is 0 Å². The van der Waals surface area contributed by atoms with Crippen molar-refractivity contribution < 1.29 is 19.2 Å². The van der Waals surface area contributed by atoms with Gasteiger partial charge in [0.05, 0.1) is 6.61 Å². The van der Waals surface area contributed by atoms with E-state index in [0.29, 0.717) is 0 Å². The van der Waals surface area contributed by atoms with Crippen LogP contribution in [0, 0.1) is 0 Å². The lowest BCUT2D eigenvalue weighted by atomic mass is 10.9. The van der Waals surface area contributed by atoms with Crippen LogP contribution >= 0.6 is 7.75 Å². The number of hydrogen-bond donors (Lipinski definition) is 3. The maximum absolute atomic E-state index is 9.85. The van der Waals surface area contributed by atoms with E-state index in [0.717, 1.165) is 0 Å². The lowest BCUT2D eigenvalue weighted by molar-refractivity contribution is 0.0833. The lowest BCUT2D eigenvalue weighted by Gasteiger charge is -2.02. The van der Waals surface area contributed by atoms with E-state index < -0.39 is 7.75 Å². The van der Waals surface area contributed by atoms with Gasteiger partial charge in [0.15, 0.2) is 0 Å². The monoisotopic (exact) mass is 141 g/mol.